The third kappa shape index (κ3) is 4.26. The molecule has 0 saturated carbocycles. The molecule has 0 radical (unpaired) electrons. The molecule has 4 aromatic rings. The Kier molecular flexibility index (Phi) is 5.68. The van der Waals surface area contributed by atoms with Gasteiger partial charge in [-0.1, -0.05) is 30.3 Å². The Labute approximate surface area is 177 Å². The van der Waals surface area contributed by atoms with Gasteiger partial charge in [-0.3, -0.25) is 9.36 Å². The van der Waals surface area contributed by atoms with Crippen LogP contribution in [0.4, 0.5) is 0 Å². The van der Waals surface area contributed by atoms with Crippen LogP contribution in [-0.2, 0) is 6.61 Å². The number of aromatic nitrogens is 2. The zero-order valence-corrected chi connectivity index (χ0v) is 16.7. The summed E-state index contributed by atoms with van der Waals surface area (Å²) >= 11 is 0. The van der Waals surface area contributed by atoms with Crippen molar-refractivity contribution in [2.24, 2.45) is 0 Å². The summed E-state index contributed by atoms with van der Waals surface area (Å²) in [6.07, 6.45) is 6.30. The van der Waals surface area contributed by atoms with Crippen LogP contribution in [0.5, 0.6) is 5.75 Å². The molecule has 0 unspecified atom stereocenters. The van der Waals surface area contributed by atoms with Gasteiger partial charge in [0.15, 0.2) is 11.5 Å². The topological polar surface area (TPSA) is 97.5 Å². The second-order valence-corrected chi connectivity index (χ2v) is 6.80. The van der Waals surface area contributed by atoms with Crippen LogP contribution >= 0.6 is 0 Å². The monoisotopic (exact) mass is 416 g/mol. The number of aliphatic hydroxyl groups excluding tert-OH is 1. The molecule has 0 aliphatic rings. The van der Waals surface area contributed by atoms with Gasteiger partial charge >= 0.3 is 5.69 Å². The second-order valence-electron chi connectivity index (χ2n) is 6.80. The third-order valence-electron chi connectivity index (χ3n) is 4.82. The van der Waals surface area contributed by atoms with Crippen LogP contribution in [0.15, 0.2) is 82.3 Å². The van der Waals surface area contributed by atoms with Crippen molar-refractivity contribution in [3.8, 4) is 22.9 Å². The van der Waals surface area contributed by atoms with Crippen molar-refractivity contribution >= 4 is 11.9 Å². The first-order chi connectivity index (χ1) is 15.1. The minimum Gasteiger partial charge on any atom is -0.496 e. The van der Waals surface area contributed by atoms with Crippen LogP contribution in [0.2, 0.25) is 0 Å². The Morgan fingerprint density at radius 3 is 2.81 bits per heavy atom. The van der Waals surface area contributed by atoms with E-state index < -0.39 is 0 Å². The van der Waals surface area contributed by atoms with Crippen LogP contribution in [-0.4, -0.2) is 27.6 Å². The number of nitrogens with zero attached hydrogens (tertiary/aromatic N) is 1. The quantitative estimate of drug-likeness (QED) is 0.353. The number of methoxy groups -OCH3 is 1. The lowest BCUT2D eigenvalue weighted by Crippen LogP contribution is -2.14. The van der Waals surface area contributed by atoms with Crippen molar-refractivity contribution in [2.45, 2.75) is 6.61 Å². The van der Waals surface area contributed by atoms with E-state index in [0.29, 0.717) is 34.0 Å². The molecule has 0 fully saturated rings. The predicted molar refractivity (Wildman–Crippen MR) is 116 cm³/mol. The highest BCUT2D eigenvalue weighted by Crippen LogP contribution is 2.21. The SMILES string of the molecule is COc1cc(/C=C/C(=O)c2cccc(-n3cc(-c4ccco4)[nH]c3=O)c2)ccc1CO. The molecule has 2 N–H and O–H groups in total. The van der Waals surface area contributed by atoms with Gasteiger partial charge in [-0.05, 0) is 42.0 Å². The predicted octanol–water partition coefficient (Wildman–Crippen LogP) is 3.82. The van der Waals surface area contributed by atoms with E-state index >= 15 is 0 Å². The molecular formula is C24H20N2O5. The summed E-state index contributed by atoms with van der Waals surface area (Å²) in [5.41, 5.74) is 2.66. The fraction of sp³-hybridized carbons (Fsp3) is 0.0833. The van der Waals surface area contributed by atoms with Gasteiger partial charge in [-0.15, -0.1) is 0 Å². The largest absolute Gasteiger partial charge is 0.496 e. The molecule has 0 atom stereocenters. The fourth-order valence-corrected chi connectivity index (χ4v) is 3.22. The van der Waals surface area contributed by atoms with Gasteiger partial charge in [0.1, 0.15) is 11.4 Å². The fourth-order valence-electron chi connectivity index (χ4n) is 3.22. The maximum absolute atomic E-state index is 12.7. The molecule has 7 heteroatoms. The highest BCUT2D eigenvalue weighted by molar-refractivity contribution is 6.07. The molecule has 0 amide bonds. The van der Waals surface area contributed by atoms with Gasteiger partial charge < -0.3 is 19.2 Å². The lowest BCUT2D eigenvalue weighted by Gasteiger charge is -2.06. The zero-order valence-electron chi connectivity index (χ0n) is 16.7. The number of ether oxygens (including phenoxy) is 1. The summed E-state index contributed by atoms with van der Waals surface area (Å²) in [4.78, 5) is 27.8. The van der Waals surface area contributed by atoms with Crippen molar-refractivity contribution in [2.75, 3.05) is 7.11 Å². The van der Waals surface area contributed by atoms with Crippen LogP contribution in [0.1, 0.15) is 21.5 Å². The lowest BCUT2D eigenvalue weighted by molar-refractivity contribution is 0.104. The summed E-state index contributed by atoms with van der Waals surface area (Å²) in [6, 6.07) is 15.6. The number of H-pyrrole nitrogens is 1. The van der Waals surface area contributed by atoms with Gasteiger partial charge in [-0.25, -0.2) is 4.79 Å². The van der Waals surface area contributed by atoms with E-state index in [4.69, 9.17) is 9.15 Å². The molecule has 31 heavy (non-hydrogen) atoms. The number of rotatable bonds is 7. The number of benzene rings is 2. The minimum atomic E-state index is -0.331. The maximum atomic E-state index is 12.7. The van der Waals surface area contributed by atoms with Gasteiger partial charge in [-0.2, -0.15) is 0 Å². The minimum absolute atomic E-state index is 0.126. The zero-order chi connectivity index (χ0) is 21.8. The van der Waals surface area contributed by atoms with Crippen LogP contribution in [0.3, 0.4) is 0 Å². The van der Waals surface area contributed by atoms with E-state index in [2.05, 4.69) is 4.98 Å². The van der Waals surface area contributed by atoms with E-state index in [9.17, 15) is 14.7 Å². The molecule has 0 bridgehead atoms. The first-order valence-corrected chi connectivity index (χ1v) is 9.55. The van der Waals surface area contributed by atoms with Gasteiger partial charge in [0.05, 0.1) is 25.7 Å². The lowest BCUT2D eigenvalue weighted by atomic mass is 10.1. The number of carbonyl (C=O) groups excluding carboxylic acids is 1. The van der Waals surface area contributed by atoms with Crippen molar-refractivity contribution in [3.63, 3.8) is 0 Å². The summed E-state index contributed by atoms with van der Waals surface area (Å²) in [5, 5.41) is 9.32. The molecule has 2 aromatic carbocycles. The Bertz CT molecular complexity index is 1300. The summed E-state index contributed by atoms with van der Waals surface area (Å²) in [6.45, 7) is -0.126. The number of aliphatic hydroxyl groups is 1. The number of nitrogens with one attached hydrogen (secondary N) is 1. The Morgan fingerprint density at radius 2 is 2.06 bits per heavy atom. The molecular weight excluding hydrogens is 396 g/mol. The molecule has 0 spiro atoms. The van der Waals surface area contributed by atoms with E-state index in [1.807, 2.05) is 0 Å². The van der Waals surface area contributed by atoms with E-state index in [0.717, 1.165) is 5.56 Å². The van der Waals surface area contributed by atoms with Crippen molar-refractivity contribution in [1.82, 2.24) is 9.55 Å². The first-order valence-electron chi connectivity index (χ1n) is 9.55. The Morgan fingerprint density at radius 1 is 1.19 bits per heavy atom. The van der Waals surface area contributed by atoms with E-state index in [1.54, 1.807) is 66.9 Å². The molecule has 2 heterocycles. The van der Waals surface area contributed by atoms with Gasteiger partial charge in [0, 0.05) is 17.3 Å². The number of furan rings is 1. The van der Waals surface area contributed by atoms with Crippen LogP contribution in [0.25, 0.3) is 23.2 Å². The molecule has 0 aliphatic heterocycles. The average Bonchev–Trinajstić information content (AvgIpc) is 3.47. The van der Waals surface area contributed by atoms with Crippen LogP contribution in [0, 0.1) is 0 Å². The molecule has 2 aromatic heterocycles. The summed E-state index contributed by atoms with van der Waals surface area (Å²) in [5.74, 6) is 0.897. The number of carbonyl (C=O) groups is 1. The number of aromatic amines is 1. The second kappa shape index (κ2) is 8.73. The third-order valence-corrected chi connectivity index (χ3v) is 4.82. The van der Waals surface area contributed by atoms with Gasteiger partial charge in [0.2, 0.25) is 0 Å². The van der Waals surface area contributed by atoms with Crippen molar-refractivity contribution < 1.29 is 19.1 Å². The number of allylic oxidation sites excluding steroid dienone is 1. The number of hydrogen-bond acceptors (Lipinski definition) is 5. The number of hydrogen-bond donors (Lipinski definition) is 2. The Hall–Kier alpha value is -4.10. The number of ketones is 1. The van der Waals surface area contributed by atoms with E-state index in [1.165, 1.54) is 24.0 Å². The summed E-state index contributed by atoms with van der Waals surface area (Å²) in [7, 11) is 1.53. The van der Waals surface area contributed by atoms with Gasteiger partial charge in [0.25, 0.3) is 0 Å². The van der Waals surface area contributed by atoms with E-state index in [-0.39, 0.29) is 18.1 Å². The summed E-state index contributed by atoms with van der Waals surface area (Å²) < 4.78 is 12.0. The normalized spacial score (nSPS) is 11.2. The van der Waals surface area contributed by atoms with Crippen molar-refractivity contribution in [3.05, 3.63) is 100 Å². The smallest absolute Gasteiger partial charge is 0.330 e. The highest BCUT2D eigenvalue weighted by Gasteiger charge is 2.11. The number of imidazole rings is 1. The molecule has 0 saturated heterocycles. The standard InChI is InChI=1S/C24H20N2O5/c1-30-23-12-16(7-9-18(23)15-27)8-10-21(28)17-4-2-5-19(13-17)26-14-20(25-24(26)29)22-6-3-11-31-22/h2-14,27H,15H2,1H3,(H,25,29)/b10-8+. The van der Waals surface area contributed by atoms with Crippen molar-refractivity contribution in [1.29, 1.82) is 0 Å². The average molecular weight is 416 g/mol. The Balaban J connectivity index is 1.58. The maximum Gasteiger partial charge on any atom is 0.330 e. The molecule has 156 valence electrons. The first kappa shape index (κ1) is 20.2. The molecule has 0 aliphatic carbocycles. The van der Waals surface area contributed by atoms with Crippen LogP contribution < -0.4 is 10.4 Å². The molecule has 7 nitrogen and oxygen atoms in total. The molecule has 4 rings (SSSR count). The highest BCUT2D eigenvalue weighted by atomic mass is 16.5.